The molecule has 2 rings (SSSR count). The van der Waals surface area contributed by atoms with Gasteiger partial charge < -0.3 is 10.6 Å². The largest absolute Gasteiger partial charge is 0.384 e. The van der Waals surface area contributed by atoms with Gasteiger partial charge in [-0.2, -0.15) is 0 Å². The summed E-state index contributed by atoms with van der Waals surface area (Å²) >= 11 is 6.00. The van der Waals surface area contributed by atoms with Crippen molar-refractivity contribution in [2.45, 2.75) is 39.0 Å². The minimum atomic E-state index is -0.0399. The number of halogens is 1. The first kappa shape index (κ1) is 15.2. The molecule has 1 amide bonds. The second-order valence-corrected chi connectivity index (χ2v) is 5.89. The lowest BCUT2D eigenvalue weighted by molar-refractivity contribution is 0.0953. The van der Waals surface area contributed by atoms with Gasteiger partial charge in [-0.3, -0.25) is 4.79 Å². The normalized spacial score (nSPS) is 14.1. The number of nitrogens with one attached hydrogen (secondary N) is 2. The van der Waals surface area contributed by atoms with E-state index in [-0.39, 0.29) is 5.91 Å². The van der Waals surface area contributed by atoms with Crippen LogP contribution in [0.15, 0.2) is 18.2 Å². The lowest BCUT2D eigenvalue weighted by Crippen LogP contribution is -2.25. The van der Waals surface area contributed by atoms with E-state index in [0.717, 1.165) is 37.5 Å². The lowest BCUT2D eigenvalue weighted by atomic mass is 10.1. The molecular weight excluding hydrogens is 272 g/mol. The van der Waals surface area contributed by atoms with Gasteiger partial charge in [0.1, 0.15) is 0 Å². The van der Waals surface area contributed by atoms with Crippen molar-refractivity contribution in [3.63, 3.8) is 0 Å². The van der Waals surface area contributed by atoms with Crippen LogP contribution in [0.3, 0.4) is 0 Å². The molecular formula is C16H23ClN2O. The molecule has 4 heteroatoms. The molecule has 0 aliphatic heterocycles. The predicted octanol–water partition coefficient (Wildman–Crippen LogP) is 4.08. The third-order valence-electron chi connectivity index (χ3n) is 3.56. The molecule has 20 heavy (non-hydrogen) atoms. The van der Waals surface area contributed by atoms with Crippen LogP contribution in [0.25, 0.3) is 0 Å². The van der Waals surface area contributed by atoms with Gasteiger partial charge in [-0.25, -0.2) is 0 Å². The van der Waals surface area contributed by atoms with E-state index in [0.29, 0.717) is 10.6 Å². The van der Waals surface area contributed by atoms with E-state index in [1.54, 1.807) is 6.07 Å². The summed E-state index contributed by atoms with van der Waals surface area (Å²) in [5.41, 5.74) is 1.49. The van der Waals surface area contributed by atoms with Crippen molar-refractivity contribution in [3.8, 4) is 0 Å². The fourth-order valence-corrected chi connectivity index (χ4v) is 2.38. The van der Waals surface area contributed by atoms with Crippen molar-refractivity contribution in [1.29, 1.82) is 0 Å². The average molecular weight is 295 g/mol. The van der Waals surface area contributed by atoms with Crippen LogP contribution in [0.1, 0.15) is 49.4 Å². The summed E-state index contributed by atoms with van der Waals surface area (Å²) in [6, 6.07) is 5.41. The first-order valence-electron chi connectivity index (χ1n) is 7.52. The van der Waals surface area contributed by atoms with Crippen LogP contribution in [0, 0.1) is 5.92 Å². The maximum absolute atomic E-state index is 12.2. The van der Waals surface area contributed by atoms with Crippen LogP contribution in [0.2, 0.25) is 5.02 Å². The van der Waals surface area contributed by atoms with Crippen LogP contribution >= 0.6 is 11.6 Å². The molecule has 0 unspecified atom stereocenters. The molecule has 110 valence electrons. The summed E-state index contributed by atoms with van der Waals surface area (Å²) in [6.45, 7) is 3.69. The van der Waals surface area contributed by atoms with Crippen LogP contribution in [-0.2, 0) is 0 Å². The summed E-state index contributed by atoms with van der Waals surface area (Å²) < 4.78 is 0. The Labute approximate surface area is 126 Å². The highest BCUT2D eigenvalue weighted by atomic mass is 35.5. The number of hydrogen-bond acceptors (Lipinski definition) is 2. The van der Waals surface area contributed by atoms with E-state index in [2.05, 4.69) is 17.6 Å². The van der Waals surface area contributed by atoms with Crippen molar-refractivity contribution < 1.29 is 4.79 Å². The number of rotatable bonds is 8. The van der Waals surface area contributed by atoms with Crippen LogP contribution in [0.4, 0.5) is 5.69 Å². The van der Waals surface area contributed by atoms with Crippen LogP contribution in [0.5, 0.6) is 0 Å². The molecule has 0 heterocycles. The zero-order chi connectivity index (χ0) is 14.4. The Kier molecular flexibility index (Phi) is 5.72. The topological polar surface area (TPSA) is 41.1 Å². The molecule has 1 aliphatic rings. The van der Waals surface area contributed by atoms with Crippen molar-refractivity contribution in [2.75, 3.05) is 18.4 Å². The molecule has 0 bridgehead atoms. The molecule has 1 aromatic rings. The molecule has 1 aliphatic carbocycles. The van der Waals surface area contributed by atoms with E-state index < -0.39 is 0 Å². The minimum Gasteiger partial charge on any atom is -0.384 e. The van der Waals surface area contributed by atoms with Crippen molar-refractivity contribution in [3.05, 3.63) is 28.8 Å². The molecule has 1 saturated carbocycles. The number of anilines is 1. The molecule has 0 radical (unpaired) electrons. The van der Waals surface area contributed by atoms with E-state index in [1.807, 2.05) is 12.1 Å². The second kappa shape index (κ2) is 7.53. The first-order valence-corrected chi connectivity index (χ1v) is 7.90. The highest BCUT2D eigenvalue weighted by Crippen LogP contribution is 2.33. The highest BCUT2D eigenvalue weighted by Gasteiger charge is 2.20. The quantitative estimate of drug-likeness (QED) is 0.709. The van der Waals surface area contributed by atoms with Crippen molar-refractivity contribution in [1.82, 2.24) is 5.32 Å². The highest BCUT2D eigenvalue weighted by molar-refractivity contribution is 6.31. The lowest BCUT2D eigenvalue weighted by Gasteiger charge is -2.12. The van der Waals surface area contributed by atoms with Gasteiger partial charge in [0.2, 0.25) is 0 Å². The van der Waals surface area contributed by atoms with Crippen LogP contribution < -0.4 is 10.6 Å². The summed E-state index contributed by atoms with van der Waals surface area (Å²) in [4.78, 5) is 12.2. The Morgan fingerprint density at radius 3 is 2.85 bits per heavy atom. The number of amides is 1. The molecule has 1 aromatic carbocycles. The standard InChI is InChI=1S/C16H23ClN2O/c1-2-9-18-15-8-7-13(17)11-14(15)16(20)19-10-3-4-12-5-6-12/h7-8,11-12,18H,2-6,9-10H2,1H3,(H,19,20). The monoisotopic (exact) mass is 294 g/mol. The summed E-state index contributed by atoms with van der Waals surface area (Å²) in [6.07, 6.45) is 6.05. The second-order valence-electron chi connectivity index (χ2n) is 5.46. The van der Waals surface area contributed by atoms with Gasteiger partial charge >= 0.3 is 0 Å². The zero-order valence-electron chi connectivity index (χ0n) is 12.0. The van der Waals surface area contributed by atoms with Gasteiger partial charge in [0.25, 0.3) is 5.91 Å². The predicted molar refractivity (Wildman–Crippen MR) is 84.5 cm³/mol. The molecule has 0 saturated heterocycles. The van der Waals surface area contributed by atoms with E-state index >= 15 is 0 Å². The summed E-state index contributed by atoms with van der Waals surface area (Å²) in [7, 11) is 0. The SMILES string of the molecule is CCCNc1ccc(Cl)cc1C(=O)NCCCC1CC1. The van der Waals surface area contributed by atoms with Gasteiger partial charge in [0, 0.05) is 23.8 Å². The molecule has 0 atom stereocenters. The maximum atomic E-state index is 12.2. The van der Waals surface area contributed by atoms with E-state index in [4.69, 9.17) is 11.6 Å². The Morgan fingerprint density at radius 1 is 1.35 bits per heavy atom. The Morgan fingerprint density at radius 2 is 2.15 bits per heavy atom. The first-order chi connectivity index (χ1) is 9.70. The van der Waals surface area contributed by atoms with Crippen molar-refractivity contribution >= 4 is 23.2 Å². The smallest absolute Gasteiger partial charge is 0.253 e. The maximum Gasteiger partial charge on any atom is 0.253 e. The van der Waals surface area contributed by atoms with Gasteiger partial charge in [-0.05, 0) is 43.4 Å². The molecule has 0 spiro atoms. The summed E-state index contributed by atoms with van der Waals surface area (Å²) in [5.74, 6) is 0.877. The van der Waals surface area contributed by atoms with Crippen molar-refractivity contribution in [2.24, 2.45) is 5.92 Å². The third kappa shape index (κ3) is 4.71. The van der Waals surface area contributed by atoms with Gasteiger partial charge in [-0.1, -0.05) is 31.4 Å². The third-order valence-corrected chi connectivity index (χ3v) is 3.80. The number of carbonyl (C=O) groups is 1. The minimum absolute atomic E-state index is 0.0399. The Hall–Kier alpha value is -1.22. The Bertz CT molecular complexity index is 458. The van der Waals surface area contributed by atoms with Gasteiger partial charge in [0.15, 0.2) is 0 Å². The molecule has 0 aromatic heterocycles. The molecule has 3 nitrogen and oxygen atoms in total. The fraction of sp³-hybridized carbons (Fsp3) is 0.562. The van der Waals surface area contributed by atoms with E-state index in [9.17, 15) is 4.79 Å². The average Bonchev–Trinajstić information content (AvgIpc) is 3.26. The number of hydrogen-bond donors (Lipinski definition) is 2. The fourth-order valence-electron chi connectivity index (χ4n) is 2.21. The summed E-state index contributed by atoms with van der Waals surface area (Å²) in [5, 5.41) is 6.85. The number of carbonyl (C=O) groups excluding carboxylic acids is 1. The zero-order valence-corrected chi connectivity index (χ0v) is 12.8. The molecule has 2 N–H and O–H groups in total. The van der Waals surface area contributed by atoms with Gasteiger partial charge in [-0.15, -0.1) is 0 Å². The Balaban J connectivity index is 1.89. The van der Waals surface area contributed by atoms with Crippen LogP contribution in [-0.4, -0.2) is 19.0 Å². The molecule has 1 fully saturated rings. The van der Waals surface area contributed by atoms with Gasteiger partial charge in [0.05, 0.1) is 5.56 Å². The number of benzene rings is 1. The van der Waals surface area contributed by atoms with E-state index in [1.165, 1.54) is 19.3 Å².